The zero-order valence-corrected chi connectivity index (χ0v) is 10.4. The molecule has 0 bridgehead atoms. The molecule has 0 radical (unpaired) electrons. The molecule has 2 nitrogen and oxygen atoms in total. The molecule has 1 aliphatic rings. The second-order valence-electron chi connectivity index (χ2n) is 4.47. The number of halogens is 3. The smallest absolute Gasteiger partial charge is 0.369 e. The van der Waals surface area contributed by atoms with Gasteiger partial charge in [-0.3, -0.25) is 0 Å². The molecule has 1 aromatic carbocycles. The Labute approximate surface area is 105 Å². The summed E-state index contributed by atoms with van der Waals surface area (Å²) in [7, 11) is 0. The summed E-state index contributed by atoms with van der Waals surface area (Å²) >= 11 is 0. The summed E-state index contributed by atoms with van der Waals surface area (Å²) in [6.07, 6.45) is -4.25. The highest BCUT2D eigenvalue weighted by Crippen LogP contribution is 2.30. The monoisotopic (exact) mass is 258 g/mol. The fraction of sp³-hybridized carbons (Fsp3) is 0.538. The molecule has 0 aliphatic carbocycles. The maximum atomic E-state index is 12.4. The SMILES string of the molecule is CCN1CCN(c2ccc(C(F)(F)F)cc2)CC1. The third-order valence-corrected chi connectivity index (χ3v) is 3.38. The van der Waals surface area contributed by atoms with Crippen molar-refractivity contribution in [3.63, 3.8) is 0 Å². The van der Waals surface area contributed by atoms with Gasteiger partial charge in [-0.25, -0.2) is 0 Å². The lowest BCUT2D eigenvalue weighted by Crippen LogP contribution is -2.46. The molecular formula is C13H17F3N2. The van der Waals surface area contributed by atoms with Crippen molar-refractivity contribution < 1.29 is 13.2 Å². The van der Waals surface area contributed by atoms with Crippen molar-refractivity contribution in [3.8, 4) is 0 Å². The first-order chi connectivity index (χ1) is 8.50. The van der Waals surface area contributed by atoms with Crippen LogP contribution < -0.4 is 4.90 Å². The quantitative estimate of drug-likeness (QED) is 0.805. The molecule has 1 aliphatic heterocycles. The van der Waals surface area contributed by atoms with E-state index < -0.39 is 11.7 Å². The average Bonchev–Trinajstić information content (AvgIpc) is 2.38. The number of nitrogens with zero attached hydrogens (tertiary/aromatic N) is 2. The Hall–Kier alpha value is -1.23. The van der Waals surface area contributed by atoms with Gasteiger partial charge in [-0.1, -0.05) is 6.92 Å². The standard InChI is InChI=1S/C13H17F3N2/c1-2-17-7-9-18(10-8-17)12-5-3-11(4-6-12)13(14,15)16/h3-6H,2,7-10H2,1H3. The molecule has 0 unspecified atom stereocenters. The predicted octanol–water partition coefficient (Wildman–Crippen LogP) is 2.85. The highest BCUT2D eigenvalue weighted by atomic mass is 19.4. The second kappa shape index (κ2) is 5.18. The summed E-state index contributed by atoms with van der Waals surface area (Å²) < 4.78 is 37.3. The minimum atomic E-state index is -4.25. The first-order valence-electron chi connectivity index (χ1n) is 6.15. The molecule has 0 spiro atoms. The third-order valence-electron chi connectivity index (χ3n) is 3.38. The second-order valence-corrected chi connectivity index (χ2v) is 4.47. The number of benzene rings is 1. The van der Waals surface area contributed by atoms with Gasteiger partial charge in [0.05, 0.1) is 5.56 Å². The van der Waals surface area contributed by atoms with Crippen molar-refractivity contribution in [1.29, 1.82) is 0 Å². The van der Waals surface area contributed by atoms with Gasteiger partial charge in [0, 0.05) is 31.9 Å². The van der Waals surface area contributed by atoms with Crippen LogP contribution in [0.15, 0.2) is 24.3 Å². The normalized spacial score (nSPS) is 18.1. The third kappa shape index (κ3) is 2.96. The topological polar surface area (TPSA) is 6.48 Å². The van der Waals surface area contributed by atoms with Gasteiger partial charge in [-0.2, -0.15) is 13.2 Å². The lowest BCUT2D eigenvalue weighted by Gasteiger charge is -2.35. The minimum absolute atomic E-state index is 0.585. The van der Waals surface area contributed by atoms with Gasteiger partial charge in [-0.05, 0) is 30.8 Å². The van der Waals surface area contributed by atoms with Crippen LogP contribution in [0.5, 0.6) is 0 Å². The maximum Gasteiger partial charge on any atom is 0.416 e. The van der Waals surface area contributed by atoms with Crippen molar-refractivity contribution in [2.45, 2.75) is 13.1 Å². The number of rotatable bonds is 2. The van der Waals surface area contributed by atoms with E-state index >= 15 is 0 Å². The van der Waals surface area contributed by atoms with Crippen molar-refractivity contribution in [1.82, 2.24) is 4.90 Å². The molecule has 18 heavy (non-hydrogen) atoms. The molecule has 0 aromatic heterocycles. The number of hydrogen-bond acceptors (Lipinski definition) is 2. The fourth-order valence-corrected chi connectivity index (χ4v) is 2.18. The molecule has 2 rings (SSSR count). The molecule has 1 fully saturated rings. The lowest BCUT2D eigenvalue weighted by molar-refractivity contribution is -0.137. The number of piperazine rings is 1. The molecule has 1 heterocycles. The maximum absolute atomic E-state index is 12.4. The van der Waals surface area contributed by atoms with Crippen molar-refractivity contribution >= 4 is 5.69 Å². The molecule has 0 atom stereocenters. The van der Waals surface area contributed by atoms with Gasteiger partial charge >= 0.3 is 6.18 Å². The van der Waals surface area contributed by atoms with Crippen LogP contribution in [0.2, 0.25) is 0 Å². The van der Waals surface area contributed by atoms with Crippen LogP contribution in [0.1, 0.15) is 12.5 Å². The fourth-order valence-electron chi connectivity index (χ4n) is 2.18. The summed E-state index contributed by atoms with van der Waals surface area (Å²) in [6.45, 7) is 6.84. The molecule has 5 heteroatoms. The van der Waals surface area contributed by atoms with E-state index in [4.69, 9.17) is 0 Å². The van der Waals surface area contributed by atoms with Crippen LogP contribution in [-0.4, -0.2) is 37.6 Å². The Balaban J connectivity index is 2.02. The number of likely N-dealkylation sites (N-methyl/N-ethyl adjacent to an activating group) is 1. The summed E-state index contributed by atoms with van der Waals surface area (Å²) in [4.78, 5) is 4.47. The van der Waals surface area contributed by atoms with Gasteiger partial charge < -0.3 is 9.80 Å². The first-order valence-corrected chi connectivity index (χ1v) is 6.15. The zero-order valence-electron chi connectivity index (χ0n) is 10.4. The Morgan fingerprint density at radius 2 is 1.56 bits per heavy atom. The van der Waals surface area contributed by atoms with E-state index in [0.717, 1.165) is 50.5 Å². The van der Waals surface area contributed by atoms with E-state index in [9.17, 15) is 13.2 Å². The van der Waals surface area contributed by atoms with E-state index in [0.29, 0.717) is 0 Å². The van der Waals surface area contributed by atoms with Crippen molar-refractivity contribution in [3.05, 3.63) is 29.8 Å². The average molecular weight is 258 g/mol. The lowest BCUT2D eigenvalue weighted by atomic mass is 10.1. The van der Waals surface area contributed by atoms with Crippen molar-refractivity contribution in [2.75, 3.05) is 37.6 Å². The molecule has 0 N–H and O–H groups in total. The van der Waals surface area contributed by atoms with Crippen LogP contribution in [0.25, 0.3) is 0 Å². The predicted molar refractivity (Wildman–Crippen MR) is 65.8 cm³/mol. The van der Waals surface area contributed by atoms with E-state index in [1.807, 2.05) is 0 Å². The molecule has 0 amide bonds. The molecule has 1 saturated heterocycles. The Bertz CT molecular complexity index is 378. The zero-order chi connectivity index (χ0) is 13.2. The first kappa shape index (κ1) is 13.2. The summed E-state index contributed by atoms with van der Waals surface area (Å²) in [6, 6.07) is 5.43. The van der Waals surface area contributed by atoms with Crippen LogP contribution in [-0.2, 0) is 6.18 Å². The minimum Gasteiger partial charge on any atom is -0.369 e. The van der Waals surface area contributed by atoms with Crippen LogP contribution in [0.3, 0.4) is 0 Å². The Morgan fingerprint density at radius 1 is 1.00 bits per heavy atom. The molecule has 0 saturated carbocycles. The van der Waals surface area contributed by atoms with E-state index in [1.165, 1.54) is 0 Å². The molecule has 1 aromatic rings. The van der Waals surface area contributed by atoms with Gasteiger partial charge in [0.2, 0.25) is 0 Å². The van der Waals surface area contributed by atoms with E-state index in [-0.39, 0.29) is 0 Å². The highest BCUT2D eigenvalue weighted by Gasteiger charge is 2.30. The van der Waals surface area contributed by atoms with Gasteiger partial charge in [-0.15, -0.1) is 0 Å². The number of hydrogen-bond donors (Lipinski definition) is 0. The summed E-state index contributed by atoms with van der Waals surface area (Å²) in [5.74, 6) is 0. The van der Waals surface area contributed by atoms with E-state index in [1.54, 1.807) is 12.1 Å². The van der Waals surface area contributed by atoms with Crippen LogP contribution in [0, 0.1) is 0 Å². The van der Waals surface area contributed by atoms with Crippen molar-refractivity contribution in [2.24, 2.45) is 0 Å². The summed E-state index contributed by atoms with van der Waals surface area (Å²) in [5.41, 5.74) is 0.289. The Morgan fingerprint density at radius 3 is 2.00 bits per heavy atom. The van der Waals surface area contributed by atoms with Gasteiger partial charge in [0.25, 0.3) is 0 Å². The van der Waals surface area contributed by atoms with Gasteiger partial charge in [0.15, 0.2) is 0 Å². The Kier molecular flexibility index (Phi) is 3.80. The molecule has 100 valence electrons. The molecular weight excluding hydrogens is 241 g/mol. The van der Waals surface area contributed by atoms with Gasteiger partial charge in [0.1, 0.15) is 0 Å². The van der Waals surface area contributed by atoms with Crippen LogP contribution in [0.4, 0.5) is 18.9 Å². The largest absolute Gasteiger partial charge is 0.416 e. The number of anilines is 1. The van der Waals surface area contributed by atoms with E-state index in [2.05, 4.69) is 16.7 Å². The summed E-state index contributed by atoms with van der Waals surface area (Å²) in [5, 5.41) is 0. The number of alkyl halides is 3. The van der Waals surface area contributed by atoms with Crippen LogP contribution >= 0.6 is 0 Å². The highest BCUT2D eigenvalue weighted by molar-refractivity contribution is 5.48.